The summed E-state index contributed by atoms with van der Waals surface area (Å²) in [6, 6.07) is 39.1. The number of benzene rings is 6. The van der Waals surface area contributed by atoms with E-state index in [-0.39, 0.29) is 4.90 Å². The van der Waals surface area contributed by atoms with Crippen molar-refractivity contribution in [3.8, 4) is 5.69 Å². The third-order valence-corrected chi connectivity index (χ3v) is 11.0. The van der Waals surface area contributed by atoms with Gasteiger partial charge < -0.3 is 15.1 Å². The topological polar surface area (TPSA) is 128 Å². The minimum Gasteiger partial charge on any atom is -0.371 e. The molecule has 0 saturated heterocycles. The number of rotatable bonds is 14. The first kappa shape index (κ1) is 37.1. The van der Waals surface area contributed by atoms with Crippen molar-refractivity contribution in [1.82, 2.24) is 4.98 Å². The van der Waals surface area contributed by atoms with Gasteiger partial charge in [-0.15, -0.1) is 8.90 Å². The Morgan fingerprint density at radius 1 is 0.778 bits per heavy atom. The van der Waals surface area contributed by atoms with E-state index in [9.17, 15) is 13.0 Å². The van der Waals surface area contributed by atoms with Crippen molar-refractivity contribution in [3.63, 3.8) is 0 Å². The summed E-state index contributed by atoms with van der Waals surface area (Å²) in [6.45, 7) is 9.08. The molecule has 0 atom stereocenters. The van der Waals surface area contributed by atoms with Crippen LogP contribution in [0.25, 0.3) is 38.5 Å². The maximum Gasteiger partial charge on any atom is 0.294 e. The van der Waals surface area contributed by atoms with Crippen molar-refractivity contribution >= 4 is 77.7 Å². The standard InChI is InChI=1S/C41H39N5O6S2/c1-4-44(5-2)37-23-18-29(24-40(37)53-52-51-47)42-36-26-39-41(34-15-11-10-14-33(34)36)43-35-22-19-31(25-38(35)46(39)30-12-8-7-9-13-30)45(6-3)27-28-16-20-32(21-17-28)54(48,49)50/h7-26H,4-6,27H2,1-3H3,(H2,47,48,49,50)/p+1. The molecule has 7 aromatic rings. The van der Waals surface area contributed by atoms with E-state index in [2.05, 4.69) is 88.0 Å². The summed E-state index contributed by atoms with van der Waals surface area (Å²) in [4.78, 5) is 10.3. The summed E-state index contributed by atoms with van der Waals surface area (Å²) in [5.41, 5.74) is 9.02. The lowest BCUT2D eigenvalue weighted by atomic mass is 10.0. The molecule has 0 amide bonds. The zero-order chi connectivity index (χ0) is 37.8. The van der Waals surface area contributed by atoms with Crippen LogP contribution < -0.4 is 19.7 Å². The highest BCUT2D eigenvalue weighted by atomic mass is 32.2. The van der Waals surface area contributed by atoms with Crippen LogP contribution in [0, 0.1) is 0 Å². The third-order valence-electron chi connectivity index (χ3n) is 9.52. The summed E-state index contributed by atoms with van der Waals surface area (Å²) >= 11 is 0.939. The molecule has 0 aliphatic rings. The van der Waals surface area contributed by atoms with Gasteiger partial charge in [0.15, 0.2) is 0 Å². The molecule has 276 valence electrons. The van der Waals surface area contributed by atoms with E-state index < -0.39 is 10.1 Å². The van der Waals surface area contributed by atoms with E-state index in [0.717, 1.165) is 96.9 Å². The molecule has 0 fully saturated rings. The van der Waals surface area contributed by atoms with Gasteiger partial charge in [0.2, 0.25) is 16.7 Å². The maximum absolute atomic E-state index is 11.6. The van der Waals surface area contributed by atoms with Crippen LogP contribution in [0.4, 0.5) is 22.7 Å². The molecule has 0 aliphatic heterocycles. The van der Waals surface area contributed by atoms with Crippen molar-refractivity contribution in [3.05, 3.63) is 127 Å². The molecule has 0 unspecified atom stereocenters. The predicted molar refractivity (Wildman–Crippen MR) is 215 cm³/mol. The summed E-state index contributed by atoms with van der Waals surface area (Å²) in [5, 5.41) is 18.6. The van der Waals surface area contributed by atoms with Crippen LogP contribution in [-0.4, -0.2) is 42.8 Å². The van der Waals surface area contributed by atoms with Gasteiger partial charge in [0.25, 0.3) is 10.1 Å². The summed E-state index contributed by atoms with van der Waals surface area (Å²) in [7, 11) is -4.28. The zero-order valence-corrected chi connectivity index (χ0v) is 31.6. The van der Waals surface area contributed by atoms with E-state index in [1.165, 1.54) is 12.1 Å². The lowest BCUT2D eigenvalue weighted by Crippen LogP contribution is -2.33. The number of para-hydroxylation sites is 1. The fourth-order valence-corrected chi connectivity index (χ4v) is 7.93. The summed E-state index contributed by atoms with van der Waals surface area (Å²) in [6.07, 6.45) is 0. The molecule has 0 radical (unpaired) electrons. The fraction of sp³-hybridized carbons (Fsp3) is 0.171. The van der Waals surface area contributed by atoms with E-state index in [1.54, 1.807) is 12.1 Å². The van der Waals surface area contributed by atoms with E-state index in [4.69, 9.17) is 14.6 Å². The first-order valence-corrected chi connectivity index (χ1v) is 19.8. The summed E-state index contributed by atoms with van der Waals surface area (Å²) < 4.78 is 39.8. The molecule has 6 aromatic carbocycles. The first-order valence-electron chi connectivity index (χ1n) is 17.6. The van der Waals surface area contributed by atoms with Crippen molar-refractivity contribution in [2.75, 3.05) is 34.8 Å². The number of fused-ring (bicyclic) bond motifs is 4. The Morgan fingerprint density at radius 3 is 2.17 bits per heavy atom. The van der Waals surface area contributed by atoms with Crippen molar-refractivity contribution in [1.29, 1.82) is 0 Å². The van der Waals surface area contributed by atoms with Gasteiger partial charge in [-0.1, -0.05) is 59.6 Å². The van der Waals surface area contributed by atoms with Crippen LogP contribution >= 0.6 is 12.0 Å². The molecule has 0 bridgehead atoms. The molecule has 1 heterocycles. The van der Waals surface area contributed by atoms with Crippen LogP contribution in [0.1, 0.15) is 26.3 Å². The SMILES string of the molecule is CCN(Cc1ccc(S(=O)(=O)O)cc1)c1ccc2nc3c4ccccc4c(Nc4ccc(N(CC)CC)c(SOOO)c4)cc3[n+](-c3ccccc3)c2c1. The second kappa shape index (κ2) is 16.0. The normalized spacial score (nSPS) is 11.7. The largest absolute Gasteiger partial charge is 0.371 e. The molecular formula is C41H40N5O6S2+. The second-order valence-electron chi connectivity index (χ2n) is 12.6. The van der Waals surface area contributed by atoms with Crippen LogP contribution in [0.2, 0.25) is 0 Å². The number of nitrogens with one attached hydrogen (secondary N) is 1. The Hall–Kier alpha value is -5.28. The molecule has 1 aromatic heterocycles. The zero-order valence-electron chi connectivity index (χ0n) is 30.0. The Balaban J connectivity index is 1.38. The molecule has 11 nitrogen and oxygen atoms in total. The van der Waals surface area contributed by atoms with Gasteiger partial charge in [0, 0.05) is 72.6 Å². The van der Waals surface area contributed by atoms with Crippen molar-refractivity contribution in [2.45, 2.75) is 37.1 Å². The molecule has 54 heavy (non-hydrogen) atoms. The quantitative estimate of drug-likeness (QED) is 0.0187. The Labute approximate surface area is 318 Å². The molecule has 0 saturated carbocycles. The molecule has 3 N–H and O–H groups in total. The van der Waals surface area contributed by atoms with Gasteiger partial charge >= 0.3 is 0 Å². The maximum atomic E-state index is 11.6. The van der Waals surface area contributed by atoms with Crippen LogP contribution in [-0.2, 0) is 26.0 Å². The Morgan fingerprint density at radius 2 is 1.48 bits per heavy atom. The lowest BCUT2D eigenvalue weighted by molar-refractivity contribution is -0.538. The highest BCUT2D eigenvalue weighted by Gasteiger charge is 2.24. The molecule has 13 heteroatoms. The Kier molecular flexibility index (Phi) is 11.0. The highest BCUT2D eigenvalue weighted by molar-refractivity contribution is 7.94. The molecule has 7 rings (SSSR count). The van der Waals surface area contributed by atoms with Gasteiger partial charge in [0.05, 0.1) is 33.2 Å². The van der Waals surface area contributed by atoms with Crippen molar-refractivity contribution in [2.24, 2.45) is 0 Å². The number of hydrogen-bond donors (Lipinski definition) is 3. The average molecular weight is 763 g/mol. The minimum atomic E-state index is -4.28. The molecular weight excluding hydrogens is 723 g/mol. The Bertz CT molecular complexity index is 2550. The highest BCUT2D eigenvalue weighted by Crippen LogP contribution is 2.37. The first-order chi connectivity index (χ1) is 26.2. The lowest BCUT2D eigenvalue weighted by Gasteiger charge is -2.24. The van der Waals surface area contributed by atoms with Crippen LogP contribution in [0.5, 0.6) is 0 Å². The molecule has 0 aliphatic carbocycles. The number of anilines is 4. The van der Waals surface area contributed by atoms with Gasteiger partial charge in [-0.3, -0.25) is 4.55 Å². The minimum absolute atomic E-state index is 0.135. The number of aromatic nitrogens is 2. The van der Waals surface area contributed by atoms with Gasteiger partial charge in [-0.25, -0.2) is 10.2 Å². The monoisotopic (exact) mass is 762 g/mol. The molecule has 0 spiro atoms. The van der Waals surface area contributed by atoms with Crippen LogP contribution in [0.15, 0.2) is 131 Å². The van der Waals surface area contributed by atoms with Gasteiger partial charge in [-0.2, -0.15) is 8.42 Å². The van der Waals surface area contributed by atoms with Gasteiger partial charge in [-0.05, 0) is 68.8 Å². The van der Waals surface area contributed by atoms with Gasteiger partial charge in [0.1, 0.15) is 11.0 Å². The third kappa shape index (κ3) is 7.55. The average Bonchev–Trinajstić information content (AvgIpc) is 3.19. The van der Waals surface area contributed by atoms with E-state index in [1.807, 2.05) is 54.6 Å². The smallest absolute Gasteiger partial charge is 0.294 e. The number of hydrogen-bond acceptors (Lipinski definition) is 10. The second-order valence-corrected chi connectivity index (χ2v) is 14.8. The van der Waals surface area contributed by atoms with Crippen molar-refractivity contribution < 1.29 is 32.2 Å². The fourth-order valence-electron chi connectivity index (χ4n) is 6.89. The van der Waals surface area contributed by atoms with Crippen LogP contribution in [0.3, 0.4) is 0 Å². The van der Waals surface area contributed by atoms with E-state index in [0.29, 0.717) is 13.1 Å². The van der Waals surface area contributed by atoms with E-state index >= 15 is 0 Å². The summed E-state index contributed by atoms with van der Waals surface area (Å²) in [5.74, 6) is 0. The predicted octanol–water partition coefficient (Wildman–Crippen LogP) is 9.11. The number of nitrogens with zero attached hydrogens (tertiary/aromatic N) is 4.